The Morgan fingerprint density at radius 1 is 1.42 bits per heavy atom. The number of aromatic nitrogens is 2. The highest BCUT2D eigenvalue weighted by atomic mass is 16.6. The number of nitro groups is 1. The van der Waals surface area contributed by atoms with E-state index in [-0.39, 0.29) is 29.7 Å². The van der Waals surface area contributed by atoms with E-state index in [1.807, 2.05) is 6.92 Å². The zero-order chi connectivity index (χ0) is 14.4. The summed E-state index contributed by atoms with van der Waals surface area (Å²) in [6.07, 6.45) is -1.02. The molecule has 106 valence electrons. The molecule has 0 saturated heterocycles. The number of aryl methyl sites for hydroxylation is 1. The first-order valence-electron chi connectivity index (χ1n) is 5.79. The fraction of sp³-hybridized carbons (Fsp3) is 0.600. The minimum absolute atomic E-state index is 0.0148. The zero-order valence-corrected chi connectivity index (χ0v) is 10.8. The summed E-state index contributed by atoms with van der Waals surface area (Å²) in [6.45, 7) is 3.46. The molecule has 0 aromatic carbocycles. The van der Waals surface area contributed by atoms with Crippen LogP contribution in [0.1, 0.15) is 12.6 Å². The van der Waals surface area contributed by atoms with Crippen LogP contribution in [0.15, 0.2) is 0 Å². The second-order valence-corrected chi connectivity index (χ2v) is 3.83. The van der Waals surface area contributed by atoms with Crippen molar-refractivity contribution in [1.29, 1.82) is 0 Å². The monoisotopic (exact) mass is 271 g/mol. The Kier molecular flexibility index (Phi) is 5.39. The van der Waals surface area contributed by atoms with Crippen molar-refractivity contribution in [3.63, 3.8) is 0 Å². The normalized spacial score (nSPS) is 12.0. The minimum atomic E-state index is -1.02. The lowest BCUT2D eigenvalue weighted by molar-refractivity contribution is -0.385. The molecule has 1 heterocycles. The molecule has 1 aromatic heterocycles. The summed E-state index contributed by atoms with van der Waals surface area (Å²) in [5, 5.41) is 34.4. The Labute approximate surface area is 109 Å². The number of hydrogen-bond acceptors (Lipinski definition) is 8. The fourth-order valence-electron chi connectivity index (χ4n) is 1.43. The van der Waals surface area contributed by atoms with Crippen LogP contribution in [0, 0.1) is 17.0 Å². The molecule has 0 aliphatic rings. The molecule has 1 rings (SSSR count). The van der Waals surface area contributed by atoms with Crippen LogP contribution < -0.4 is 10.6 Å². The van der Waals surface area contributed by atoms with Crippen LogP contribution in [-0.2, 0) is 0 Å². The van der Waals surface area contributed by atoms with E-state index in [2.05, 4.69) is 20.6 Å². The summed E-state index contributed by atoms with van der Waals surface area (Å²) in [6, 6.07) is 0. The van der Waals surface area contributed by atoms with Gasteiger partial charge in [0.15, 0.2) is 0 Å². The van der Waals surface area contributed by atoms with Gasteiger partial charge in [0.25, 0.3) is 0 Å². The van der Waals surface area contributed by atoms with E-state index in [1.165, 1.54) is 6.92 Å². The van der Waals surface area contributed by atoms with Gasteiger partial charge >= 0.3 is 5.69 Å². The lowest BCUT2D eigenvalue weighted by atomic mass is 10.3. The molecule has 1 unspecified atom stereocenters. The fourth-order valence-corrected chi connectivity index (χ4v) is 1.43. The summed E-state index contributed by atoms with van der Waals surface area (Å²) < 4.78 is 0. The highest BCUT2D eigenvalue weighted by Crippen LogP contribution is 2.26. The lowest BCUT2D eigenvalue weighted by Crippen LogP contribution is -2.24. The van der Waals surface area contributed by atoms with Crippen LogP contribution >= 0.6 is 0 Å². The van der Waals surface area contributed by atoms with Crippen LogP contribution in [0.3, 0.4) is 0 Å². The molecule has 0 bridgehead atoms. The molecule has 0 amide bonds. The molecular weight excluding hydrogens is 254 g/mol. The Bertz CT molecular complexity index is 454. The van der Waals surface area contributed by atoms with E-state index < -0.39 is 17.6 Å². The number of aliphatic hydroxyl groups is 2. The van der Waals surface area contributed by atoms with E-state index >= 15 is 0 Å². The van der Waals surface area contributed by atoms with Gasteiger partial charge < -0.3 is 20.8 Å². The molecule has 1 atom stereocenters. The van der Waals surface area contributed by atoms with Gasteiger partial charge in [0, 0.05) is 13.1 Å². The predicted molar refractivity (Wildman–Crippen MR) is 69.2 cm³/mol. The van der Waals surface area contributed by atoms with E-state index in [1.54, 1.807) is 0 Å². The number of aliphatic hydroxyl groups excluding tert-OH is 2. The number of hydrogen-bond donors (Lipinski definition) is 4. The van der Waals surface area contributed by atoms with E-state index in [0.717, 1.165) is 0 Å². The summed E-state index contributed by atoms with van der Waals surface area (Å²) in [5.74, 6) is 0.285. The van der Waals surface area contributed by atoms with Gasteiger partial charge in [-0.2, -0.15) is 4.98 Å². The van der Waals surface area contributed by atoms with Crippen molar-refractivity contribution in [3.8, 4) is 0 Å². The van der Waals surface area contributed by atoms with Crippen molar-refractivity contribution in [2.24, 2.45) is 0 Å². The summed E-state index contributed by atoms with van der Waals surface area (Å²) in [7, 11) is 0. The largest absolute Gasteiger partial charge is 0.394 e. The van der Waals surface area contributed by atoms with Crippen LogP contribution in [-0.4, -0.2) is 50.9 Å². The van der Waals surface area contributed by atoms with Crippen LogP contribution in [0.4, 0.5) is 17.5 Å². The predicted octanol–water partition coefficient (Wildman–Crippen LogP) is -0.110. The molecule has 9 heteroatoms. The van der Waals surface area contributed by atoms with Crippen molar-refractivity contribution in [2.75, 3.05) is 30.3 Å². The molecule has 4 N–H and O–H groups in total. The number of nitrogens with zero attached hydrogens (tertiary/aromatic N) is 3. The SMILES string of the molecule is CCNc1nc(C)c([N+](=O)[O-])c(NCC(O)CO)n1. The van der Waals surface area contributed by atoms with E-state index in [0.29, 0.717) is 6.54 Å². The second-order valence-electron chi connectivity index (χ2n) is 3.83. The maximum Gasteiger partial charge on any atom is 0.332 e. The molecule has 19 heavy (non-hydrogen) atoms. The molecule has 0 aliphatic carbocycles. The Hall–Kier alpha value is -2.00. The average Bonchev–Trinajstić information content (AvgIpc) is 2.35. The first-order chi connectivity index (χ1) is 8.99. The minimum Gasteiger partial charge on any atom is -0.394 e. The summed E-state index contributed by atoms with van der Waals surface area (Å²) in [5.41, 5.74) is -0.0243. The molecule has 0 spiro atoms. The van der Waals surface area contributed by atoms with Gasteiger partial charge in [-0.3, -0.25) is 10.1 Å². The van der Waals surface area contributed by atoms with Crippen molar-refractivity contribution < 1.29 is 15.1 Å². The number of nitrogens with one attached hydrogen (secondary N) is 2. The molecule has 0 saturated carbocycles. The van der Waals surface area contributed by atoms with Gasteiger partial charge in [-0.1, -0.05) is 0 Å². The van der Waals surface area contributed by atoms with E-state index in [4.69, 9.17) is 5.11 Å². The van der Waals surface area contributed by atoms with Crippen molar-refractivity contribution in [2.45, 2.75) is 20.0 Å². The van der Waals surface area contributed by atoms with Crippen molar-refractivity contribution in [1.82, 2.24) is 9.97 Å². The first-order valence-corrected chi connectivity index (χ1v) is 5.79. The Balaban J connectivity index is 3.05. The third-order valence-electron chi connectivity index (χ3n) is 2.29. The van der Waals surface area contributed by atoms with Gasteiger partial charge in [-0.25, -0.2) is 4.98 Å². The first kappa shape index (κ1) is 15.1. The maximum absolute atomic E-state index is 11.0. The van der Waals surface area contributed by atoms with Crippen molar-refractivity contribution >= 4 is 17.5 Å². The summed E-state index contributed by atoms with van der Waals surface area (Å²) >= 11 is 0. The third-order valence-corrected chi connectivity index (χ3v) is 2.29. The highest BCUT2D eigenvalue weighted by Gasteiger charge is 2.22. The quantitative estimate of drug-likeness (QED) is 0.398. The van der Waals surface area contributed by atoms with Crippen LogP contribution in [0.2, 0.25) is 0 Å². The molecule has 1 aromatic rings. The molecule has 0 radical (unpaired) electrons. The lowest BCUT2D eigenvalue weighted by Gasteiger charge is -2.12. The van der Waals surface area contributed by atoms with E-state index in [9.17, 15) is 15.2 Å². The Morgan fingerprint density at radius 3 is 2.63 bits per heavy atom. The smallest absolute Gasteiger partial charge is 0.332 e. The standard InChI is InChI=1S/C10H17N5O4/c1-3-11-10-13-6(2)8(15(18)19)9(14-10)12-4-7(17)5-16/h7,16-17H,3-5H2,1-2H3,(H2,11,12,13,14). The van der Waals surface area contributed by atoms with Gasteiger partial charge in [-0.15, -0.1) is 0 Å². The molecule has 9 nitrogen and oxygen atoms in total. The van der Waals surface area contributed by atoms with Crippen molar-refractivity contribution in [3.05, 3.63) is 15.8 Å². The van der Waals surface area contributed by atoms with Crippen LogP contribution in [0.5, 0.6) is 0 Å². The topological polar surface area (TPSA) is 133 Å². The highest BCUT2D eigenvalue weighted by molar-refractivity contribution is 5.60. The van der Waals surface area contributed by atoms with Gasteiger partial charge in [-0.05, 0) is 13.8 Å². The van der Waals surface area contributed by atoms with Crippen LogP contribution in [0.25, 0.3) is 0 Å². The third kappa shape index (κ3) is 4.00. The molecule has 0 fully saturated rings. The molecular formula is C10H17N5O4. The second kappa shape index (κ2) is 6.81. The van der Waals surface area contributed by atoms with Gasteiger partial charge in [0.2, 0.25) is 11.8 Å². The Morgan fingerprint density at radius 2 is 2.11 bits per heavy atom. The van der Waals surface area contributed by atoms with Gasteiger partial charge in [0.05, 0.1) is 17.6 Å². The number of anilines is 2. The van der Waals surface area contributed by atoms with Gasteiger partial charge in [0.1, 0.15) is 5.69 Å². The summed E-state index contributed by atoms with van der Waals surface area (Å²) in [4.78, 5) is 18.4. The zero-order valence-electron chi connectivity index (χ0n) is 10.8. The number of rotatable bonds is 7. The average molecular weight is 271 g/mol. The maximum atomic E-state index is 11.0. The molecule has 0 aliphatic heterocycles.